The molecule has 0 aliphatic carbocycles. The van der Waals surface area contributed by atoms with Crippen LogP contribution in [-0.4, -0.2) is 13.0 Å². The summed E-state index contributed by atoms with van der Waals surface area (Å²) >= 11 is 1.53. The van der Waals surface area contributed by atoms with Gasteiger partial charge in [0.25, 0.3) is 0 Å². The van der Waals surface area contributed by atoms with Gasteiger partial charge in [0, 0.05) is 10.6 Å². The Morgan fingerprint density at radius 3 is 2.33 bits per heavy atom. The summed E-state index contributed by atoms with van der Waals surface area (Å²) in [5.74, 6) is 0.770. The van der Waals surface area contributed by atoms with E-state index >= 15 is 0 Å². The van der Waals surface area contributed by atoms with Gasteiger partial charge in [-0.25, -0.2) is 0 Å². The number of hydrogen-bond acceptors (Lipinski definition) is 3. The van der Waals surface area contributed by atoms with Gasteiger partial charge in [0.2, 0.25) is 5.91 Å². The summed E-state index contributed by atoms with van der Waals surface area (Å²) in [5.41, 5.74) is 4.00. The van der Waals surface area contributed by atoms with Crippen molar-refractivity contribution in [3.8, 4) is 5.75 Å². The fourth-order valence-corrected chi connectivity index (χ4v) is 3.78. The van der Waals surface area contributed by atoms with Crippen LogP contribution in [0.4, 0.5) is 5.69 Å². The van der Waals surface area contributed by atoms with Gasteiger partial charge in [0.05, 0.1) is 7.11 Å². The number of hydrogen-bond donors (Lipinski definition) is 1. The molecule has 3 aromatic carbocycles. The smallest absolute Gasteiger partial charge is 0.242 e. The first-order valence-electron chi connectivity index (χ1n) is 8.80. The van der Waals surface area contributed by atoms with Gasteiger partial charge >= 0.3 is 0 Å². The Kier molecular flexibility index (Phi) is 6.20. The number of anilines is 1. The van der Waals surface area contributed by atoms with E-state index in [1.807, 2.05) is 86.6 Å². The summed E-state index contributed by atoms with van der Waals surface area (Å²) in [6.07, 6.45) is 0. The second kappa shape index (κ2) is 8.78. The van der Waals surface area contributed by atoms with Gasteiger partial charge in [-0.1, -0.05) is 42.5 Å². The first-order valence-corrected chi connectivity index (χ1v) is 9.68. The zero-order chi connectivity index (χ0) is 19.2. The number of ether oxygens (including phenoxy) is 1. The van der Waals surface area contributed by atoms with E-state index in [1.165, 1.54) is 11.8 Å². The molecule has 0 spiro atoms. The number of carbonyl (C=O) groups excluding carboxylic acids is 1. The van der Waals surface area contributed by atoms with Crippen LogP contribution in [0, 0.1) is 13.8 Å². The van der Waals surface area contributed by atoms with Crippen LogP contribution >= 0.6 is 11.8 Å². The Bertz CT molecular complexity index is 907. The molecule has 3 rings (SSSR count). The van der Waals surface area contributed by atoms with E-state index in [1.54, 1.807) is 7.11 Å². The fourth-order valence-electron chi connectivity index (χ4n) is 2.76. The zero-order valence-corrected chi connectivity index (χ0v) is 16.5. The van der Waals surface area contributed by atoms with E-state index in [0.717, 1.165) is 33.0 Å². The van der Waals surface area contributed by atoms with Crippen molar-refractivity contribution in [2.24, 2.45) is 0 Å². The van der Waals surface area contributed by atoms with Crippen molar-refractivity contribution in [1.82, 2.24) is 0 Å². The lowest BCUT2D eigenvalue weighted by Gasteiger charge is -2.18. The van der Waals surface area contributed by atoms with Crippen molar-refractivity contribution in [2.45, 2.75) is 24.0 Å². The molecule has 0 aliphatic rings. The maximum Gasteiger partial charge on any atom is 0.242 e. The lowest BCUT2D eigenvalue weighted by atomic mass is 10.1. The molecule has 0 saturated heterocycles. The summed E-state index contributed by atoms with van der Waals surface area (Å²) in [6, 6.07) is 23.7. The fraction of sp³-hybridized carbons (Fsp3) is 0.174. The van der Waals surface area contributed by atoms with Crippen LogP contribution in [-0.2, 0) is 4.79 Å². The Labute approximate surface area is 164 Å². The Morgan fingerprint density at radius 2 is 1.67 bits per heavy atom. The van der Waals surface area contributed by atoms with Crippen LogP contribution in [0.1, 0.15) is 21.9 Å². The molecule has 0 aliphatic heterocycles. The van der Waals surface area contributed by atoms with E-state index in [9.17, 15) is 4.79 Å². The average Bonchev–Trinajstić information content (AvgIpc) is 2.70. The molecule has 1 amide bonds. The van der Waals surface area contributed by atoms with Gasteiger partial charge in [-0.3, -0.25) is 4.79 Å². The molecule has 0 heterocycles. The normalized spacial score (nSPS) is 11.7. The number of benzene rings is 3. The number of nitrogens with one attached hydrogen (secondary N) is 1. The molecule has 0 aromatic heterocycles. The second-order valence-electron chi connectivity index (χ2n) is 6.39. The standard InChI is InChI=1S/C23H23NO2S/c1-16-9-10-17(2)21(15-16)24-23(25)22(18-7-5-4-6-8-18)27-20-13-11-19(26-3)12-14-20/h4-15,22H,1-3H3,(H,24,25). The number of thioether (sulfide) groups is 1. The molecule has 1 N–H and O–H groups in total. The number of rotatable bonds is 6. The number of amides is 1. The van der Waals surface area contributed by atoms with Gasteiger partial charge in [0.15, 0.2) is 0 Å². The molecule has 4 heteroatoms. The molecule has 3 nitrogen and oxygen atoms in total. The minimum Gasteiger partial charge on any atom is -0.497 e. The van der Waals surface area contributed by atoms with E-state index in [4.69, 9.17) is 4.74 Å². The van der Waals surface area contributed by atoms with Crippen LogP contribution in [0.5, 0.6) is 5.75 Å². The number of methoxy groups -OCH3 is 1. The molecular formula is C23H23NO2S. The summed E-state index contributed by atoms with van der Waals surface area (Å²) in [7, 11) is 1.65. The van der Waals surface area contributed by atoms with Gasteiger partial charge in [-0.2, -0.15) is 0 Å². The Balaban J connectivity index is 1.87. The predicted octanol–water partition coefficient (Wildman–Crippen LogP) is 5.78. The van der Waals surface area contributed by atoms with Crippen LogP contribution in [0.15, 0.2) is 77.7 Å². The molecule has 1 atom stereocenters. The largest absolute Gasteiger partial charge is 0.497 e. The van der Waals surface area contributed by atoms with Crippen molar-refractivity contribution in [2.75, 3.05) is 12.4 Å². The van der Waals surface area contributed by atoms with Crippen LogP contribution in [0.25, 0.3) is 0 Å². The third-order valence-corrected chi connectivity index (χ3v) is 5.57. The van der Waals surface area contributed by atoms with E-state index in [2.05, 4.69) is 5.32 Å². The molecule has 0 saturated carbocycles. The van der Waals surface area contributed by atoms with E-state index in [0.29, 0.717) is 0 Å². The Hall–Kier alpha value is -2.72. The SMILES string of the molecule is COc1ccc(SC(C(=O)Nc2cc(C)ccc2C)c2ccccc2)cc1. The number of aryl methyl sites for hydroxylation is 2. The van der Waals surface area contributed by atoms with Crippen LogP contribution in [0.3, 0.4) is 0 Å². The number of carbonyl (C=O) groups is 1. The molecule has 138 valence electrons. The second-order valence-corrected chi connectivity index (χ2v) is 7.57. The van der Waals surface area contributed by atoms with Crippen LogP contribution in [0.2, 0.25) is 0 Å². The summed E-state index contributed by atoms with van der Waals surface area (Å²) < 4.78 is 5.22. The predicted molar refractivity (Wildman–Crippen MR) is 113 cm³/mol. The minimum atomic E-state index is -0.348. The van der Waals surface area contributed by atoms with E-state index < -0.39 is 0 Å². The van der Waals surface area contributed by atoms with E-state index in [-0.39, 0.29) is 11.2 Å². The maximum absolute atomic E-state index is 13.1. The minimum absolute atomic E-state index is 0.0317. The molecule has 1 unspecified atom stereocenters. The first kappa shape index (κ1) is 19.1. The third kappa shape index (κ3) is 4.92. The molecule has 0 radical (unpaired) electrons. The molecule has 0 bridgehead atoms. The Morgan fingerprint density at radius 1 is 0.963 bits per heavy atom. The quantitative estimate of drug-likeness (QED) is 0.553. The summed E-state index contributed by atoms with van der Waals surface area (Å²) in [6.45, 7) is 4.03. The lowest BCUT2D eigenvalue weighted by molar-refractivity contribution is -0.115. The van der Waals surface area contributed by atoms with Gasteiger partial charge in [-0.15, -0.1) is 11.8 Å². The molecular weight excluding hydrogens is 354 g/mol. The van der Waals surface area contributed by atoms with Crippen LogP contribution < -0.4 is 10.1 Å². The maximum atomic E-state index is 13.1. The van der Waals surface area contributed by atoms with Crippen molar-refractivity contribution in [3.05, 3.63) is 89.5 Å². The van der Waals surface area contributed by atoms with Crippen molar-refractivity contribution < 1.29 is 9.53 Å². The molecule has 0 fully saturated rings. The highest BCUT2D eigenvalue weighted by atomic mass is 32.2. The lowest BCUT2D eigenvalue weighted by Crippen LogP contribution is -2.19. The highest BCUT2D eigenvalue weighted by Crippen LogP contribution is 2.37. The monoisotopic (exact) mass is 377 g/mol. The van der Waals surface area contributed by atoms with Crippen molar-refractivity contribution >= 4 is 23.4 Å². The van der Waals surface area contributed by atoms with Crippen molar-refractivity contribution in [3.63, 3.8) is 0 Å². The molecule has 3 aromatic rings. The first-order chi connectivity index (χ1) is 13.1. The summed E-state index contributed by atoms with van der Waals surface area (Å²) in [5, 5.41) is 2.76. The zero-order valence-electron chi connectivity index (χ0n) is 15.7. The third-order valence-electron chi connectivity index (χ3n) is 4.30. The highest BCUT2D eigenvalue weighted by molar-refractivity contribution is 8.00. The van der Waals surface area contributed by atoms with Crippen molar-refractivity contribution in [1.29, 1.82) is 0 Å². The molecule has 27 heavy (non-hydrogen) atoms. The average molecular weight is 378 g/mol. The van der Waals surface area contributed by atoms with Gasteiger partial charge in [-0.05, 0) is 60.9 Å². The topological polar surface area (TPSA) is 38.3 Å². The van der Waals surface area contributed by atoms with Gasteiger partial charge < -0.3 is 10.1 Å². The highest BCUT2D eigenvalue weighted by Gasteiger charge is 2.22. The summed E-state index contributed by atoms with van der Waals surface area (Å²) in [4.78, 5) is 14.2. The van der Waals surface area contributed by atoms with Gasteiger partial charge in [0.1, 0.15) is 11.0 Å².